The number of anilines is 1. The summed E-state index contributed by atoms with van der Waals surface area (Å²) in [5, 5.41) is 0. The molecule has 1 aliphatic rings. The molecule has 0 unspecified atom stereocenters. The molecule has 0 bridgehead atoms. The first kappa shape index (κ1) is 14.9. The Kier molecular flexibility index (Phi) is 5.88. The normalized spacial score (nSPS) is 15.8. The summed E-state index contributed by atoms with van der Waals surface area (Å²) in [4.78, 5) is 9.48. The van der Waals surface area contributed by atoms with Crippen LogP contribution in [0.25, 0.3) is 0 Å². The summed E-state index contributed by atoms with van der Waals surface area (Å²) in [5.41, 5.74) is 1.01. The Balaban J connectivity index is 1.87. The van der Waals surface area contributed by atoms with Crippen LogP contribution in [0.4, 0.5) is 5.82 Å². The Bertz CT molecular complexity index is 447. The Morgan fingerprint density at radius 1 is 1.15 bits per heavy atom. The van der Waals surface area contributed by atoms with Crippen molar-refractivity contribution in [3.05, 3.63) is 23.9 Å². The Labute approximate surface area is 123 Å². The van der Waals surface area contributed by atoms with Crippen LogP contribution in [0, 0.1) is 11.8 Å². The van der Waals surface area contributed by atoms with Gasteiger partial charge >= 0.3 is 0 Å². The number of unbranched alkanes of at least 4 members (excludes halogenated alkanes) is 1. The van der Waals surface area contributed by atoms with Gasteiger partial charge in [-0.25, -0.2) is 4.98 Å². The molecule has 0 atom stereocenters. The fourth-order valence-corrected chi connectivity index (χ4v) is 2.42. The van der Waals surface area contributed by atoms with E-state index in [0.717, 1.165) is 44.0 Å². The third kappa shape index (κ3) is 4.25. The summed E-state index contributed by atoms with van der Waals surface area (Å²) in [6.07, 6.45) is 5.37. The summed E-state index contributed by atoms with van der Waals surface area (Å²) in [6, 6.07) is 4.18. The van der Waals surface area contributed by atoms with E-state index in [-0.39, 0.29) is 0 Å². The second kappa shape index (κ2) is 7.91. The zero-order valence-electron chi connectivity index (χ0n) is 12.7. The van der Waals surface area contributed by atoms with Crippen LogP contribution in [0.5, 0.6) is 0 Å². The van der Waals surface area contributed by atoms with E-state index in [4.69, 9.17) is 0 Å². The average molecular weight is 271 g/mol. The summed E-state index contributed by atoms with van der Waals surface area (Å²) in [7, 11) is 0. The summed E-state index contributed by atoms with van der Waals surface area (Å²) in [5.74, 6) is 7.28. The van der Waals surface area contributed by atoms with Gasteiger partial charge in [0.2, 0.25) is 0 Å². The second-order valence-corrected chi connectivity index (χ2v) is 5.24. The molecule has 0 saturated carbocycles. The molecule has 20 heavy (non-hydrogen) atoms. The van der Waals surface area contributed by atoms with Gasteiger partial charge in [0.15, 0.2) is 0 Å². The molecule has 0 aromatic carbocycles. The molecule has 0 aliphatic carbocycles. The molecular formula is C17H25N3. The summed E-state index contributed by atoms with van der Waals surface area (Å²) < 4.78 is 0. The predicted molar refractivity (Wildman–Crippen MR) is 85.0 cm³/mol. The Morgan fingerprint density at radius 2 is 1.95 bits per heavy atom. The molecule has 1 aliphatic heterocycles. The molecule has 0 radical (unpaired) electrons. The van der Waals surface area contributed by atoms with E-state index >= 15 is 0 Å². The van der Waals surface area contributed by atoms with Gasteiger partial charge in [-0.1, -0.05) is 32.1 Å². The Morgan fingerprint density at radius 3 is 2.55 bits per heavy atom. The van der Waals surface area contributed by atoms with Gasteiger partial charge in [0.1, 0.15) is 5.82 Å². The SMILES string of the molecule is CCC#Cc1ccc(N2CCN(CCCC)CC2)nc1. The smallest absolute Gasteiger partial charge is 0.128 e. The van der Waals surface area contributed by atoms with Gasteiger partial charge in [-0.05, 0) is 25.1 Å². The molecule has 0 amide bonds. The van der Waals surface area contributed by atoms with Gasteiger partial charge in [-0.3, -0.25) is 4.90 Å². The van der Waals surface area contributed by atoms with E-state index in [1.54, 1.807) is 0 Å². The highest BCUT2D eigenvalue weighted by atomic mass is 15.3. The lowest BCUT2D eigenvalue weighted by Gasteiger charge is -2.35. The number of nitrogens with zero attached hydrogens (tertiary/aromatic N) is 3. The fourth-order valence-electron chi connectivity index (χ4n) is 2.42. The molecule has 3 heteroatoms. The van der Waals surface area contributed by atoms with E-state index < -0.39 is 0 Å². The molecule has 1 saturated heterocycles. The maximum Gasteiger partial charge on any atom is 0.128 e. The number of piperazine rings is 1. The number of hydrogen-bond donors (Lipinski definition) is 0. The van der Waals surface area contributed by atoms with Crippen LogP contribution in [0.2, 0.25) is 0 Å². The van der Waals surface area contributed by atoms with Crippen molar-refractivity contribution in [3.63, 3.8) is 0 Å². The minimum Gasteiger partial charge on any atom is -0.354 e. The van der Waals surface area contributed by atoms with Crippen LogP contribution < -0.4 is 4.90 Å². The molecule has 2 rings (SSSR count). The zero-order valence-corrected chi connectivity index (χ0v) is 12.7. The third-order valence-corrected chi connectivity index (χ3v) is 3.68. The summed E-state index contributed by atoms with van der Waals surface area (Å²) >= 11 is 0. The van der Waals surface area contributed by atoms with E-state index in [2.05, 4.69) is 52.6 Å². The fraction of sp³-hybridized carbons (Fsp3) is 0.588. The van der Waals surface area contributed by atoms with Crippen molar-refractivity contribution in [2.75, 3.05) is 37.6 Å². The molecule has 108 valence electrons. The highest BCUT2D eigenvalue weighted by Crippen LogP contribution is 2.14. The molecule has 2 heterocycles. The third-order valence-electron chi connectivity index (χ3n) is 3.68. The molecule has 0 N–H and O–H groups in total. The van der Waals surface area contributed by atoms with Gasteiger partial charge in [0.25, 0.3) is 0 Å². The van der Waals surface area contributed by atoms with Gasteiger partial charge in [0.05, 0.1) is 0 Å². The van der Waals surface area contributed by atoms with Crippen LogP contribution in [0.1, 0.15) is 38.7 Å². The summed E-state index contributed by atoms with van der Waals surface area (Å²) in [6.45, 7) is 10.0. The molecule has 1 aromatic heterocycles. The zero-order chi connectivity index (χ0) is 14.2. The van der Waals surface area contributed by atoms with Crippen LogP contribution in [-0.2, 0) is 0 Å². The van der Waals surface area contributed by atoms with Crippen molar-refractivity contribution < 1.29 is 0 Å². The molecule has 1 aromatic rings. The van der Waals surface area contributed by atoms with Gasteiger partial charge < -0.3 is 4.90 Å². The minimum absolute atomic E-state index is 0.890. The van der Waals surface area contributed by atoms with E-state index in [1.807, 2.05) is 6.20 Å². The van der Waals surface area contributed by atoms with Gasteiger partial charge in [-0.15, -0.1) is 0 Å². The standard InChI is InChI=1S/C17H25N3/c1-3-5-7-16-8-9-17(18-15-16)20-13-11-19(12-14-20)10-6-4-2/h8-9,15H,3-4,6,10-14H2,1-2H3. The monoisotopic (exact) mass is 271 g/mol. The van der Waals surface area contributed by atoms with E-state index in [9.17, 15) is 0 Å². The lowest BCUT2D eigenvalue weighted by Crippen LogP contribution is -2.46. The highest BCUT2D eigenvalue weighted by molar-refractivity contribution is 5.43. The van der Waals surface area contributed by atoms with E-state index in [1.165, 1.54) is 19.4 Å². The highest BCUT2D eigenvalue weighted by Gasteiger charge is 2.17. The number of aromatic nitrogens is 1. The molecule has 1 fully saturated rings. The maximum atomic E-state index is 4.55. The van der Waals surface area contributed by atoms with Crippen LogP contribution in [0.3, 0.4) is 0 Å². The van der Waals surface area contributed by atoms with Crippen LogP contribution in [0.15, 0.2) is 18.3 Å². The largest absolute Gasteiger partial charge is 0.354 e. The first-order valence-corrected chi connectivity index (χ1v) is 7.75. The lowest BCUT2D eigenvalue weighted by molar-refractivity contribution is 0.253. The van der Waals surface area contributed by atoms with Crippen molar-refractivity contribution in [1.29, 1.82) is 0 Å². The first-order chi connectivity index (χ1) is 9.83. The number of pyridine rings is 1. The predicted octanol–water partition coefficient (Wildman–Crippen LogP) is 2.77. The van der Waals surface area contributed by atoms with Crippen molar-refractivity contribution in [2.24, 2.45) is 0 Å². The van der Waals surface area contributed by atoms with E-state index in [0.29, 0.717) is 0 Å². The lowest BCUT2D eigenvalue weighted by atomic mass is 10.2. The van der Waals surface area contributed by atoms with Gasteiger partial charge in [0, 0.05) is 44.4 Å². The average Bonchev–Trinajstić information content (AvgIpc) is 2.52. The van der Waals surface area contributed by atoms with Crippen molar-refractivity contribution in [3.8, 4) is 11.8 Å². The second-order valence-electron chi connectivity index (χ2n) is 5.24. The van der Waals surface area contributed by atoms with Crippen LogP contribution in [-0.4, -0.2) is 42.6 Å². The quantitative estimate of drug-likeness (QED) is 0.785. The van der Waals surface area contributed by atoms with Gasteiger partial charge in [-0.2, -0.15) is 0 Å². The topological polar surface area (TPSA) is 19.4 Å². The Hall–Kier alpha value is -1.53. The molecular weight excluding hydrogens is 246 g/mol. The number of rotatable bonds is 4. The molecule has 3 nitrogen and oxygen atoms in total. The maximum absolute atomic E-state index is 4.55. The minimum atomic E-state index is 0.890. The van der Waals surface area contributed by atoms with Crippen LogP contribution >= 0.6 is 0 Å². The first-order valence-electron chi connectivity index (χ1n) is 7.75. The van der Waals surface area contributed by atoms with Crippen molar-refractivity contribution in [1.82, 2.24) is 9.88 Å². The van der Waals surface area contributed by atoms with Crippen molar-refractivity contribution in [2.45, 2.75) is 33.1 Å². The number of hydrogen-bond acceptors (Lipinski definition) is 3. The molecule has 0 spiro atoms. The van der Waals surface area contributed by atoms with Crippen molar-refractivity contribution >= 4 is 5.82 Å².